The zero-order valence-electron chi connectivity index (χ0n) is 11.4. The van der Waals surface area contributed by atoms with Crippen LogP contribution in [0.4, 0.5) is 4.39 Å². The van der Waals surface area contributed by atoms with Crippen LogP contribution in [0.5, 0.6) is 0 Å². The molecule has 1 aliphatic rings. The van der Waals surface area contributed by atoms with E-state index in [0.717, 1.165) is 28.8 Å². The summed E-state index contributed by atoms with van der Waals surface area (Å²) in [7, 11) is 0. The molecule has 2 rings (SSSR count). The molecule has 0 radical (unpaired) electrons. The van der Waals surface area contributed by atoms with Crippen molar-refractivity contribution in [1.29, 1.82) is 0 Å². The lowest BCUT2D eigenvalue weighted by atomic mass is 9.77. The van der Waals surface area contributed by atoms with Crippen LogP contribution in [0.25, 0.3) is 0 Å². The number of rotatable bonds is 4. The van der Waals surface area contributed by atoms with Crippen molar-refractivity contribution in [2.24, 2.45) is 11.8 Å². The summed E-state index contributed by atoms with van der Waals surface area (Å²) in [5.74, 6) is 1.01. The molecule has 0 amide bonds. The smallest absolute Gasteiger partial charge is 0.124 e. The van der Waals surface area contributed by atoms with Crippen molar-refractivity contribution in [3.63, 3.8) is 0 Å². The molecular formula is C16H22BrFO. The third-order valence-electron chi connectivity index (χ3n) is 4.46. The number of halogens is 2. The lowest BCUT2D eigenvalue weighted by Crippen LogP contribution is -2.27. The highest BCUT2D eigenvalue weighted by molar-refractivity contribution is 9.10. The van der Waals surface area contributed by atoms with E-state index in [1.165, 1.54) is 31.4 Å². The lowest BCUT2D eigenvalue weighted by molar-refractivity contribution is 0.0734. The van der Waals surface area contributed by atoms with Crippen LogP contribution in [0.15, 0.2) is 22.7 Å². The van der Waals surface area contributed by atoms with Crippen LogP contribution in [0.2, 0.25) is 0 Å². The standard InChI is InChI=1S/C16H22BrFO/c1-2-11-3-5-12(6-4-11)16(19)9-13-7-8-14(18)10-15(13)17/h7-8,10-12,16,19H,2-6,9H2,1H3. The van der Waals surface area contributed by atoms with Gasteiger partial charge in [-0.3, -0.25) is 0 Å². The van der Waals surface area contributed by atoms with Gasteiger partial charge in [0.05, 0.1) is 6.10 Å². The normalized spacial score (nSPS) is 25.3. The number of hydrogen-bond donors (Lipinski definition) is 1. The van der Waals surface area contributed by atoms with E-state index in [-0.39, 0.29) is 11.9 Å². The molecule has 0 bridgehead atoms. The quantitative estimate of drug-likeness (QED) is 0.848. The Morgan fingerprint density at radius 1 is 1.32 bits per heavy atom. The summed E-state index contributed by atoms with van der Waals surface area (Å²) in [6, 6.07) is 4.69. The Bertz CT molecular complexity index is 413. The van der Waals surface area contributed by atoms with Crippen LogP contribution in [-0.2, 0) is 6.42 Å². The van der Waals surface area contributed by atoms with E-state index in [0.29, 0.717) is 12.3 Å². The van der Waals surface area contributed by atoms with Crippen molar-refractivity contribution < 1.29 is 9.50 Å². The van der Waals surface area contributed by atoms with E-state index < -0.39 is 0 Å². The van der Waals surface area contributed by atoms with Crippen LogP contribution >= 0.6 is 15.9 Å². The third kappa shape index (κ3) is 4.03. The second-order valence-corrected chi connectivity index (χ2v) is 6.55. The molecular weight excluding hydrogens is 307 g/mol. The molecule has 1 aromatic rings. The molecule has 1 aromatic carbocycles. The Hall–Kier alpha value is -0.410. The highest BCUT2D eigenvalue weighted by atomic mass is 79.9. The molecule has 0 aromatic heterocycles. The minimum atomic E-state index is -0.306. The predicted octanol–water partition coefficient (Wildman–Crippen LogP) is 4.71. The maximum absolute atomic E-state index is 13.0. The third-order valence-corrected chi connectivity index (χ3v) is 5.20. The maximum Gasteiger partial charge on any atom is 0.124 e. The molecule has 1 fully saturated rings. The summed E-state index contributed by atoms with van der Waals surface area (Å²) < 4.78 is 13.8. The second-order valence-electron chi connectivity index (χ2n) is 5.70. The van der Waals surface area contributed by atoms with Crippen LogP contribution < -0.4 is 0 Å². The zero-order chi connectivity index (χ0) is 13.8. The number of aliphatic hydroxyl groups is 1. The summed E-state index contributed by atoms with van der Waals surface area (Å²) in [5.41, 5.74) is 0.992. The minimum absolute atomic E-state index is 0.242. The van der Waals surface area contributed by atoms with E-state index in [4.69, 9.17) is 0 Å². The topological polar surface area (TPSA) is 20.2 Å². The fourth-order valence-electron chi connectivity index (χ4n) is 3.06. The van der Waals surface area contributed by atoms with E-state index in [2.05, 4.69) is 22.9 Å². The van der Waals surface area contributed by atoms with E-state index in [9.17, 15) is 9.50 Å². The molecule has 1 N–H and O–H groups in total. The van der Waals surface area contributed by atoms with Gasteiger partial charge in [-0.2, -0.15) is 0 Å². The molecule has 1 atom stereocenters. The Labute approximate surface area is 123 Å². The van der Waals surface area contributed by atoms with Gasteiger partial charge in [0.1, 0.15) is 5.82 Å². The maximum atomic E-state index is 13.0. The fourth-order valence-corrected chi connectivity index (χ4v) is 3.57. The zero-order valence-corrected chi connectivity index (χ0v) is 13.0. The highest BCUT2D eigenvalue weighted by Gasteiger charge is 2.26. The number of aliphatic hydroxyl groups excluding tert-OH is 1. The summed E-state index contributed by atoms with van der Waals surface area (Å²) in [6.45, 7) is 2.25. The first-order chi connectivity index (χ1) is 9.10. The fraction of sp³-hybridized carbons (Fsp3) is 0.625. The Morgan fingerprint density at radius 2 is 2.00 bits per heavy atom. The van der Waals surface area contributed by atoms with Crippen LogP contribution in [-0.4, -0.2) is 11.2 Å². The lowest BCUT2D eigenvalue weighted by Gasteiger charge is -2.31. The van der Waals surface area contributed by atoms with Crippen molar-refractivity contribution in [3.8, 4) is 0 Å². The van der Waals surface area contributed by atoms with Crippen molar-refractivity contribution >= 4 is 15.9 Å². The first kappa shape index (κ1) is 15.0. The first-order valence-corrected chi connectivity index (χ1v) is 8.01. The minimum Gasteiger partial charge on any atom is -0.392 e. The van der Waals surface area contributed by atoms with E-state index in [1.807, 2.05) is 0 Å². The SMILES string of the molecule is CCC1CCC(C(O)Cc2ccc(F)cc2Br)CC1. The van der Waals surface area contributed by atoms with Crippen molar-refractivity contribution in [3.05, 3.63) is 34.1 Å². The summed E-state index contributed by atoms with van der Waals surface area (Å²) in [6.07, 6.45) is 6.29. The number of hydrogen-bond acceptors (Lipinski definition) is 1. The molecule has 0 spiro atoms. The molecule has 0 saturated heterocycles. The Morgan fingerprint density at radius 3 is 2.58 bits per heavy atom. The molecule has 1 saturated carbocycles. The molecule has 3 heteroatoms. The monoisotopic (exact) mass is 328 g/mol. The van der Waals surface area contributed by atoms with Crippen LogP contribution in [0, 0.1) is 17.7 Å². The van der Waals surface area contributed by atoms with Gasteiger partial charge in [0.2, 0.25) is 0 Å². The van der Waals surface area contributed by atoms with Crippen LogP contribution in [0.1, 0.15) is 44.6 Å². The van der Waals surface area contributed by atoms with Crippen molar-refractivity contribution in [2.45, 2.75) is 51.6 Å². The molecule has 1 unspecified atom stereocenters. The van der Waals surface area contributed by atoms with Gasteiger partial charge in [0.25, 0.3) is 0 Å². The first-order valence-electron chi connectivity index (χ1n) is 7.22. The average molecular weight is 329 g/mol. The summed E-state index contributed by atoms with van der Waals surface area (Å²) in [4.78, 5) is 0. The van der Waals surface area contributed by atoms with E-state index >= 15 is 0 Å². The van der Waals surface area contributed by atoms with Crippen molar-refractivity contribution in [1.82, 2.24) is 0 Å². The van der Waals surface area contributed by atoms with Crippen molar-refractivity contribution in [2.75, 3.05) is 0 Å². The second kappa shape index (κ2) is 6.85. The van der Waals surface area contributed by atoms with Gasteiger partial charge in [-0.1, -0.05) is 48.2 Å². The van der Waals surface area contributed by atoms with E-state index in [1.54, 1.807) is 6.07 Å². The molecule has 1 aliphatic carbocycles. The molecule has 0 aliphatic heterocycles. The summed E-state index contributed by atoms with van der Waals surface area (Å²) in [5, 5.41) is 10.4. The predicted molar refractivity (Wildman–Crippen MR) is 79.5 cm³/mol. The number of benzene rings is 1. The van der Waals surface area contributed by atoms with Gasteiger partial charge in [0.15, 0.2) is 0 Å². The summed E-state index contributed by atoms with van der Waals surface area (Å²) >= 11 is 3.37. The molecule has 0 heterocycles. The average Bonchev–Trinajstić information content (AvgIpc) is 2.42. The van der Waals surface area contributed by atoms with Gasteiger partial charge >= 0.3 is 0 Å². The van der Waals surface area contributed by atoms with Gasteiger partial charge in [0, 0.05) is 4.47 Å². The van der Waals surface area contributed by atoms with Crippen LogP contribution in [0.3, 0.4) is 0 Å². The molecule has 106 valence electrons. The van der Waals surface area contributed by atoms with Gasteiger partial charge in [-0.05, 0) is 48.8 Å². The Kier molecular flexibility index (Phi) is 5.40. The Balaban J connectivity index is 1.92. The highest BCUT2D eigenvalue weighted by Crippen LogP contribution is 2.34. The molecule has 1 nitrogen and oxygen atoms in total. The largest absolute Gasteiger partial charge is 0.392 e. The van der Waals surface area contributed by atoms with Gasteiger partial charge in [-0.15, -0.1) is 0 Å². The van der Waals surface area contributed by atoms with Gasteiger partial charge in [-0.25, -0.2) is 4.39 Å². The van der Waals surface area contributed by atoms with Gasteiger partial charge < -0.3 is 5.11 Å². The molecule has 19 heavy (non-hydrogen) atoms.